The predicted molar refractivity (Wildman–Crippen MR) is 51.9 cm³/mol. The lowest BCUT2D eigenvalue weighted by Crippen LogP contribution is -2.15. The number of hydrogen-bond donors (Lipinski definition) is 0. The largest absolute Gasteiger partial charge is 0.463 e. The summed E-state index contributed by atoms with van der Waals surface area (Å²) in [5.74, 6) is -0.174. The van der Waals surface area contributed by atoms with Gasteiger partial charge in [0, 0.05) is 0 Å². The smallest absolute Gasteiger partial charge is 0.336 e. The number of carbonyl (C=O) groups is 1. The van der Waals surface area contributed by atoms with Gasteiger partial charge in [-0.3, -0.25) is 0 Å². The second kappa shape index (κ2) is 4.13. The normalized spacial score (nSPS) is 26.2. The average Bonchev–Trinajstić information content (AvgIpc) is 2.61. The first-order valence-corrected chi connectivity index (χ1v) is 5.33. The topological polar surface area (TPSA) is 35.5 Å². The number of fused-ring (bicyclic) bond motifs is 1. The van der Waals surface area contributed by atoms with Crippen molar-refractivity contribution in [1.29, 1.82) is 0 Å². The van der Waals surface area contributed by atoms with Crippen LogP contribution in [0.1, 0.15) is 32.6 Å². The van der Waals surface area contributed by atoms with Gasteiger partial charge in [0.05, 0.1) is 24.9 Å². The van der Waals surface area contributed by atoms with E-state index >= 15 is 0 Å². The number of ether oxygens (including phenoxy) is 2. The van der Waals surface area contributed by atoms with E-state index in [-0.39, 0.29) is 12.1 Å². The summed E-state index contributed by atoms with van der Waals surface area (Å²) in [5, 5.41) is 0. The molecule has 1 atom stereocenters. The molecule has 1 aliphatic carbocycles. The lowest BCUT2D eigenvalue weighted by Gasteiger charge is -2.19. The van der Waals surface area contributed by atoms with Gasteiger partial charge in [0.1, 0.15) is 0 Å². The van der Waals surface area contributed by atoms with E-state index in [4.69, 9.17) is 9.47 Å². The molecule has 0 aromatic rings. The Morgan fingerprint density at radius 3 is 3.21 bits per heavy atom. The van der Waals surface area contributed by atoms with E-state index in [0.29, 0.717) is 13.2 Å². The average molecular weight is 196 g/mol. The molecule has 0 radical (unpaired) electrons. The van der Waals surface area contributed by atoms with Gasteiger partial charge in [-0.15, -0.1) is 0 Å². The zero-order valence-corrected chi connectivity index (χ0v) is 8.54. The van der Waals surface area contributed by atoms with Crippen LogP contribution >= 0.6 is 0 Å². The van der Waals surface area contributed by atoms with Gasteiger partial charge in [-0.25, -0.2) is 4.79 Å². The molecule has 0 N–H and O–H groups in total. The first-order chi connectivity index (χ1) is 6.83. The molecule has 1 aliphatic heterocycles. The van der Waals surface area contributed by atoms with Crippen LogP contribution in [0.15, 0.2) is 11.1 Å². The zero-order valence-electron chi connectivity index (χ0n) is 8.54. The van der Waals surface area contributed by atoms with Crippen LogP contribution in [0.5, 0.6) is 0 Å². The Morgan fingerprint density at radius 1 is 1.57 bits per heavy atom. The van der Waals surface area contributed by atoms with E-state index in [1.807, 2.05) is 6.92 Å². The Morgan fingerprint density at radius 2 is 2.43 bits per heavy atom. The lowest BCUT2D eigenvalue weighted by molar-refractivity contribution is -0.138. The molecule has 3 nitrogen and oxygen atoms in total. The van der Waals surface area contributed by atoms with Crippen LogP contribution in [-0.4, -0.2) is 25.3 Å². The van der Waals surface area contributed by atoms with Crippen molar-refractivity contribution in [2.75, 3.05) is 13.2 Å². The molecule has 78 valence electrons. The highest BCUT2D eigenvalue weighted by Gasteiger charge is 2.32. The summed E-state index contributed by atoms with van der Waals surface area (Å²) in [5.41, 5.74) is 1.99. The summed E-state index contributed by atoms with van der Waals surface area (Å²) in [6.07, 6.45) is 4.68. The lowest BCUT2D eigenvalue weighted by atomic mass is 9.90. The quantitative estimate of drug-likeness (QED) is 0.632. The van der Waals surface area contributed by atoms with Crippen LogP contribution < -0.4 is 0 Å². The van der Waals surface area contributed by atoms with E-state index in [0.717, 1.165) is 18.4 Å². The fourth-order valence-corrected chi connectivity index (χ4v) is 2.19. The molecule has 1 heterocycles. The highest BCUT2D eigenvalue weighted by atomic mass is 16.5. The van der Waals surface area contributed by atoms with Gasteiger partial charge in [-0.2, -0.15) is 0 Å². The second-order valence-corrected chi connectivity index (χ2v) is 3.77. The predicted octanol–water partition coefficient (Wildman–Crippen LogP) is 1.82. The van der Waals surface area contributed by atoms with Gasteiger partial charge in [0.2, 0.25) is 0 Å². The standard InChI is InChI=1S/C11H16O3/c1-2-13-11(12)9-7-14-10-6-4-3-5-8(9)10/h10H,2-7H2,1H3. The molecule has 3 heteroatoms. The molecule has 1 unspecified atom stereocenters. The number of esters is 1. The van der Waals surface area contributed by atoms with Crippen LogP contribution in [0.2, 0.25) is 0 Å². The van der Waals surface area contributed by atoms with Crippen LogP contribution in [0.3, 0.4) is 0 Å². The van der Waals surface area contributed by atoms with Crippen molar-refractivity contribution in [1.82, 2.24) is 0 Å². The molecule has 2 rings (SSSR count). The highest BCUT2D eigenvalue weighted by Crippen LogP contribution is 2.34. The molecule has 0 spiro atoms. The van der Waals surface area contributed by atoms with Crippen molar-refractivity contribution in [3.05, 3.63) is 11.1 Å². The zero-order chi connectivity index (χ0) is 9.97. The van der Waals surface area contributed by atoms with Crippen molar-refractivity contribution < 1.29 is 14.3 Å². The van der Waals surface area contributed by atoms with Crippen LogP contribution in [0.25, 0.3) is 0 Å². The van der Waals surface area contributed by atoms with Gasteiger partial charge in [0.25, 0.3) is 0 Å². The fourth-order valence-electron chi connectivity index (χ4n) is 2.19. The molecule has 0 aromatic carbocycles. The summed E-state index contributed by atoms with van der Waals surface area (Å²) in [6.45, 7) is 2.73. The molecular formula is C11H16O3. The number of carbonyl (C=O) groups excluding carboxylic acids is 1. The van der Waals surface area contributed by atoms with Gasteiger partial charge < -0.3 is 9.47 Å². The monoisotopic (exact) mass is 196 g/mol. The van der Waals surface area contributed by atoms with E-state index < -0.39 is 0 Å². The first-order valence-electron chi connectivity index (χ1n) is 5.33. The Bertz CT molecular complexity index is 268. The van der Waals surface area contributed by atoms with Crippen LogP contribution in [0.4, 0.5) is 0 Å². The van der Waals surface area contributed by atoms with Crippen molar-refractivity contribution in [2.45, 2.75) is 38.7 Å². The molecule has 14 heavy (non-hydrogen) atoms. The third-order valence-electron chi connectivity index (χ3n) is 2.89. The van der Waals surface area contributed by atoms with E-state index in [2.05, 4.69) is 0 Å². The van der Waals surface area contributed by atoms with E-state index in [1.165, 1.54) is 18.4 Å². The molecule has 0 amide bonds. The maximum Gasteiger partial charge on any atom is 0.336 e. The molecule has 2 aliphatic rings. The summed E-state index contributed by atoms with van der Waals surface area (Å²) in [6, 6.07) is 0. The molecule has 0 saturated heterocycles. The van der Waals surface area contributed by atoms with Gasteiger partial charge in [0.15, 0.2) is 0 Å². The van der Waals surface area contributed by atoms with Crippen molar-refractivity contribution >= 4 is 5.97 Å². The van der Waals surface area contributed by atoms with Crippen LogP contribution in [-0.2, 0) is 14.3 Å². The third kappa shape index (κ3) is 1.69. The first kappa shape index (κ1) is 9.71. The van der Waals surface area contributed by atoms with Gasteiger partial charge >= 0.3 is 5.97 Å². The Balaban J connectivity index is 2.13. The van der Waals surface area contributed by atoms with Gasteiger partial charge in [-0.1, -0.05) is 6.42 Å². The summed E-state index contributed by atoms with van der Waals surface area (Å²) < 4.78 is 10.6. The van der Waals surface area contributed by atoms with Crippen molar-refractivity contribution in [3.63, 3.8) is 0 Å². The highest BCUT2D eigenvalue weighted by molar-refractivity contribution is 5.90. The maximum atomic E-state index is 11.5. The molecular weight excluding hydrogens is 180 g/mol. The third-order valence-corrected chi connectivity index (χ3v) is 2.89. The van der Waals surface area contributed by atoms with Gasteiger partial charge in [-0.05, 0) is 31.8 Å². The molecule has 1 saturated carbocycles. The van der Waals surface area contributed by atoms with E-state index in [9.17, 15) is 4.79 Å². The van der Waals surface area contributed by atoms with Crippen LogP contribution in [0, 0.1) is 0 Å². The Hall–Kier alpha value is -0.830. The van der Waals surface area contributed by atoms with Crippen molar-refractivity contribution in [2.24, 2.45) is 0 Å². The number of hydrogen-bond acceptors (Lipinski definition) is 3. The maximum absolute atomic E-state index is 11.5. The molecule has 1 fully saturated rings. The minimum absolute atomic E-state index is 0.174. The summed E-state index contributed by atoms with van der Waals surface area (Å²) in [7, 11) is 0. The minimum Gasteiger partial charge on any atom is -0.463 e. The SMILES string of the molecule is CCOC(=O)C1=C2CCCCC2OC1. The Labute approximate surface area is 84.1 Å². The minimum atomic E-state index is -0.174. The second-order valence-electron chi connectivity index (χ2n) is 3.77. The fraction of sp³-hybridized carbons (Fsp3) is 0.727. The summed E-state index contributed by atoms with van der Waals surface area (Å²) in [4.78, 5) is 11.5. The number of rotatable bonds is 2. The summed E-state index contributed by atoms with van der Waals surface area (Å²) >= 11 is 0. The van der Waals surface area contributed by atoms with E-state index in [1.54, 1.807) is 0 Å². The molecule has 0 aromatic heterocycles. The Kier molecular flexibility index (Phi) is 2.87. The van der Waals surface area contributed by atoms with Crippen molar-refractivity contribution in [3.8, 4) is 0 Å². The molecule has 0 bridgehead atoms.